The summed E-state index contributed by atoms with van der Waals surface area (Å²) in [5.74, 6) is 1.28. The summed E-state index contributed by atoms with van der Waals surface area (Å²) in [6.45, 7) is 4.02. The number of hydrazone groups is 1. The van der Waals surface area contributed by atoms with Crippen LogP contribution in [-0.2, 0) is 16.0 Å². The number of carbonyl (C=O) groups is 2. The van der Waals surface area contributed by atoms with Crippen molar-refractivity contribution in [2.24, 2.45) is 5.10 Å². The van der Waals surface area contributed by atoms with Crippen LogP contribution in [-0.4, -0.2) is 44.9 Å². The monoisotopic (exact) mass is 539 g/mol. The van der Waals surface area contributed by atoms with E-state index < -0.39 is 11.9 Å². The molecule has 0 fully saturated rings. The fraction of sp³-hybridized carbons (Fsp3) is 0.318. The fourth-order valence-electron chi connectivity index (χ4n) is 2.65. The molecule has 2 amide bonds. The van der Waals surface area contributed by atoms with Crippen LogP contribution in [0.15, 0.2) is 41.5 Å². The zero-order valence-corrected chi connectivity index (χ0v) is 20.1. The average molecular weight is 539 g/mol. The number of amides is 2. The third-order valence-electron chi connectivity index (χ3n) is 4.22. The molecule has 1 unspecified atom stereocenters. The highest BCUT2D eigenvalue weighted by Crippen LogP contribution is 2.33. The third kappa shape index (κ3) is 7.42. The lowest BCUT2D eigenvalue weighted by Gasteiger charge is -2.13. The van der Waals surface area contributed by atoms with Crippen LogP contribution in [0.25, 0.3) is 0 Å². The fourth-order valence-corrected chi connectivity index (χ4v) is 3.43. The van der Waals surface area contributed by atoms with Gasteiger partial charge in [-0.25, -0.2) is 5.43 Å². The van der Waals surface area contributed by atoms with Gasteiger partial charge in [-0.3, -0.25) is 9.59 Å². The summed E-state index contributed by atoms with van der Waals surface area (Å²) in [6, 6.07) is 10.1. The van der Waals surface area contributed by atoms with Crippen molar-refractivity contribution in [2.75, 3.05) is 20.8 Å². The standard InChI is InChI=1S/C22H26IN3O5/c1-5-31-21-18(23)10-16(11-19(21)30-4)13-24-26-22(28)14(2)25-20(27)12-15-6-8-17(29-3)9-7-15/h6-11,13-14H,5,12H2,1-4H3,(H,25,27)(H,26,28). The van der Waals surface area contributed by atoms with Crippen LogP contribution in [0.2, 0.25) is 0 Å². The first kappa shape index (κ1) is 24.4. The Balaban J connectivity index is 1.90. The molecule has 0 aliphatic rings. The number of nitrogens with zero attached hydrogens (tertiary/aromatic N) is 1. The zero-order chi connectivity index (χ0) is 22.8. The topological polar surface area (TPSA) is 98.2 Å². The first-order valence-corrected chi connectivity index (χ1v) is 10.7. The van der Waals surface area contributed by atoms with E-state index in [0.717, 1.165) is 20.4 Å². The van der Waals surface area contributed by atoms with Crippen LogP contribution < -0.4 is 25.0 Å². The normalized spacial score (nSPS) is 11.6. The van der Waals surface area contributed by atoms with Gasteiger partial charge in [0.1, 0.15) is 11.8 Å². The molecule has 2 aromatic carbocycles. The van der Waals surface area contributed by atoms with Crippen LogP contribution in [0.4, 0.5) is 0 Å². The van der Waals surface area contributed by atoms with E-state index in [9.17, 15) is 9.59 Å². The molecule has 31 heavy (non-hydrogen) atoms. The second-order valence-corrected chi connectivity index (χ2v) is 7.68. The molecule has 0 saturated carbocycles. The van der Waals surface area contributed by atoms with Crippen LogP contribution >= 0.6 is 22.6 Å². The number of benzene rings is 2. The van der Waals surface area contributed by atoms with E-state index in [1.165, 1.54) is 6.21 Å². The van der Waals surface area contributed by atoms with Crippen molar-refractivity contribution in [3.05, 3.63) is 51.1 Å². The number of ether oxygens (including phenoxy) is 3. The van der Waals surface area contributed by atoms with Gasteiger partial charge >= 0.3 is 0 Å². The Labute approximate surface area is 195 Å². The minimum atomic E-state index is -0.738. The highest BCUT2D eigenvalue weighted by Gasteiger charge is 2.15. The summed E-state index contributed by atoms with van der Waals surface area (Å²) < 4.78 is 16.9. The Morgan fingerprint density at radius 1 is 1.16 bits per heavy atom. The van der Waals surface area contributed by atoms with E-state index in [-0.39, 0.29) is 12.3 Å². The molecule has 0 radical (unpaired) electrons. The highest BCUT2D eigenvalue weighted by molar-refractivity contribution is 14.1. The minimum Gasteiger partial charge on any atom is -0.497 e. The lowest BCUT2D eigenvalue weighted by molar-refractivity contribution is -0.128. The number of nitrogens with one attached hydrogen (secondary N) is 2. The van der Waals surface area contributed by atoms with E-state index in [2.05, 4.69) is 38.4 Å². The lowest BCUT2D eigenvalue weighted by atomic mass is 10.1. The van der Waals surface area contributed by atoms with Gasteiger partial charge in [0.05, 0.1) is 37.0 Å². The zero-order valence-electron chi connectivity index (χ0n) is 17.9. The van der Waals surface area contributed by atoms with Gasteiger partial charge in [-0.05, 0) is 71.8 Å². The number of hydrogen-bond acceptors (Lipinski definition) is 6. The molecular weight excluding hydrogens is 513 g/mol. The molecule has 166 valence electrons. The number of hydrogen-bond donors (Lipinski definition) is 2. The van der Waals surface area contributed by atoms with Gasteiger partial charge in [0.15, 0.2) is 11.5 Å². The molecule has 0 spiro atoms. The second kappa shape index (κ2) is 12.1. The van der Waals surface area contributed by atoms with Gasteiger partial charge in [-0.15, -0.1) is 0 Å². The molecular formula is C22H26IN3O5. The summed E-state index contributed by atoms with van der Waals surface area (Å²) >= 11 is 2.15. The van der Waals surface area contributed by atoms with Gasteiger partial charge in [-0.2, -0.15) is 5.10 Å². The Hall–Kier alpha value is -2.82. The quantitative estimate of drug-likeness (QED) is 0.275. The van der Waals surface area contributed by atoms with Crippen LogP contribution in [0.5, 0.6) is 17.2 Å². The van der Waals surface area contributed by atoms with Crippen molar-refractivity contribution in [2.45, 2.75) is 26.3 Å². The Morgan fingerprint density at radius 2 is 1.87 bits per heavy atom. The van der Waals surface area contributed by atoms with Crippen molar-refractivity contribution < 1.29 is 23.8 Å². The molecule has 2 rings (SSSR count). The van der Waals surface area contributed by atoms with E-state index in [1.807, 2.05) is 13.0 Å². The predicted octanol–water partition coefficient (Wildman–Crippen LogP) is 2.90. The van der Waals surface area contributed by atoms with Crippen LogP contribution in [0.3, 0.4) is 0 Å². The van der Waals surface area contributed by atoms with Crippen LogP contribution in [0.1, 0.15) is 25.0 Å². The Morgan fingerprint density at radius 3 is 2.48 bits per heavy atom. The highest BCUT2D eigenvalue weighted by atomic mass is 127. The van der Waals surface area contributed by atoms with E-state index in [0.29, 0.717) is 18.1 Å². The molecule has 0 aliphatic heterocycles. The summed E-state index contributed by atoms with van der Waals surface area (Å²) in [4.78, 5) is 24.4. The number of methoxy groups -OCH3 is 2. The first-order chi connectivity index (χ1) is 14.9. The van der Waals surface area contributed by atoms with E-state index in [4.69, 9.17) is 14.2 Å². The molecule has 0 heterocycles. The Bertz CT molecular complexity index is 931. The van der Waals surface area contributed by atoms with Gasteiger partial charge < -0.3 is 19.5 Å². The summed E-state index contributed by atoms with van der Waals surface area (Å²) in [5, 5.41) is 6.64. The van der Waals surface area contributed by atoms with Gasteiger partial charge in [0.25, 0.3) is 5.91 Å². The van der Waals surface area contributed by atoms with Crippen molar-refractivity contribution in [3.8, 4) is 17.2 Å². The molecule has 0 bridgehead atoms. The number of rotatable bonds is 10. The molecule has 0 saturated heterocycles. The maximum atomic E-state index is 12.2. The summed E-state index contributed by atoms with van der Waals surface area (Å²) in [6.07, 6.45) is 1.67. The van der Waals surface area contributed by atoms with Crippen molar-refractivity contribution >= 4 is 40.6 Å². The predicted molar refractivity (Wildman–Crippen MR) is 127 cm³/mol. The molecule has 0 aromatic heterocycles. The van der Waals surface area contributed by atoms with Gasteiger partial charge in [0, 0.05) is 0 Å². The maximum absolute atomic E-state index is 12.2. The number of halogens is 1. The Kier molecular flexibility index (Phi) is 9.57. The molecule has 9 heteroatoms. The summed E-state index contributed by atoms with van der Waals surface area (Å²) in [5.41, 5.74) is 4.00. The van der Waals surface area contributed by atoms with E-state index >= 15 is 0 Å². The largest absolute Gasteiger partial charge is 0.497 e. The van der Waals surface area contributed by atoms with Gasteiger partial charge in [0.2, 0.25) is 5.91 Å². The third-order valence-corrected chi connectivity index (χ3v) is 5.02. The van der Waals surface area contributed by atoms with Crippen molar-refractivity contribution in [3.63, 3.8) is 0 Å². The SMILES string of the molecule is CCOc1c(I)cc(C=NNC(=O)C(C)NC(=O)Cc2ccc(OC)cc2)cc1OC. The molecule has 2 aromatic rings. The number of carbonyl (C=O) groups excluding carboxylic acids is 2. The molecule has 8 nitrogen and oxygen atoms in total. The minimum absolute atomic E-state index is 0.162. The van der Waals surface area contributed by atoms with Crippen molar-refractivity contribution in [1.82, 2.24) is 10.7 Å². The smallest absolute Gasteiger partial charge is 0.262 e. The molecule has 2 N–H and O–H groups in total. The summed E-state index contributed by atoms with van der Waals surface area (Å²) in [7, 11) is 3.14. The lowest BCUT2D eigenvalue weighted by Crippen LogP contribution is -2.43. The van der Waals surface area contributed by atoms with E-state index in [1.54, 1.807) is 51.5 Å². The van der Waals surface area contributed by atoms with Gasteiger partial charge in [-0.1, -0.05) is 12.1 Å². The molecule has 0 aliphatic carbocycles. The molecule has 1 atom stereocenters. The van der Waals surface area contributed by atoms with Crippen molar-refractivity contribution in [1.29, 1.82) is 0 Å². The maximum Gasteiger partial charge on any atom is 0.262 e. The second-order valence-electron chi connectivity index (χ2n) is 6.52. The van der Waals surface area contributed by atoms with Crippen LogP contribution in [0, 0.1) is 3.57 Å². The first-order valence-electron chi connectivity index (χ1n) is 9.63. The average Bonchev–Trinajstić information content (AvgIpc) is 2.75.